The van der Waals surface area contributed by atoms with E-state index < -0.39 is 12.1 Å². The summed E-state index contributed by atoms with van der Waals surface area (Å²) in [7, 11) is 0. The van der Waals surface area contributed by atoms with Crippen LogP contribution in [-0.2, 0) is 0 Å². The number of aromatic nitrogens is 5. The molecule has 0 aliphatic carbocycles. The van der Waals surface area contributed by atoms with Crippen LogP contribution in [0.3, 0.4) is 0 Å². The Balaban J connectivity index is 1.76. The molecule has 1 aromatic carbocycles. The van der Waals surface area contributed by atoms with Gasteiger partial charge in [-0.1, -0.05) is 12.1 Å². The van der Waals surface area contributed by atoms with Crippen LogP contribution in [0, 0.1) is 11.3 Å². The second-order valence-corrected chi connectivity index (χ2v) is 6.15. The maximum absolute atomic E-state index is 12.7. The number of fused-ring (bicyclic) bond motifs is 1. The van der Waals surface area contributed by atoms with Gasteiger partial charge in [-0.05, 0) is 36.3 Å². The van der Waals surface area contributed by atoms with Crippen LogP contribution < -0.4 is 0 Å². The summed E-state index contributed by atoms with van der Waals surface area (Å²) in [6.45, 7) is 0. The summed E-state index contributed by atoms with van der Waals surface area (Å²) >= 11 is 0. The summed E-state index contributed by atoms with van der Waals surface area (Å²) in [6.07, 6.45) is 5.80. The molecule has 1 unspecified atom stereocenters. The zero-order valence-corrected chi connectivity index (χ0v) is 14.5. The van der Waals surface area contributed by atoms with Crippen LogP contribution in [0.4, 0.5) is 8.78 Å². The molecule has 138 valence electrons. The highest BCUT2D eigenvalue weighted by atomic mass is 19.3. The third-order valence-electron chi connectivity index (χ3n) is 4.44. The van der Waals surface area contributed by atoms with Gasteiger partial charge in [-0.3, -0.25) is 4.68 Å². The highest BCUT2D eigenvalue weighted by Crippen LogP contribution is 2.28. The van der Waals surface area contributed by atoms with Crippen molar-refractivity contribution in [3.05, 3.63) is 78.5 Å². The second-order valence-electron chi connectivity index (χ2n) is 6.15. The van der Waals surface area contributed by atoms with Gasteiger partial charge < -0.3 is 4.98 Å². The van der Waals surface area contributed by atoms with Crippen LogP contribution in [0.25, 0.3) is 22.3 Å². The first-order valence-electron chi connectivity index (χ1n) is 8.49. The lowest BCUT2D eigenvalue weighted by atomic mass is 10.0. The summed E-state index contributed by atoms with van der Waals surface area (Å²) in [5.41, 5.74) is 3.34. The Morgan fingerprint density at radius 2 is 2.18 bits per heavy atom. The molecule has 1 atom stereocenters. The molecule has 0 saturated heterocycles. The minimum absolute atomic E-state index is 0.0433. The number of halogens is 2. The fourth-order valence-corrected chi connectivity index (χ4v) is 3.15. The van der Waals surface area contributed by atoms with Gasteiger partial charge in [0.25, 0.3) is 6.08 Å². The van der Waals surface area contributed by atoms with Gasteiger partial charge in [-0.25, -0.2) is 9.97 Å². The quantitative estimate of drug-likeness (QED) is 0.558. The standard InChI is InChI=1S/C20H14F2N6/c21-18(22)5-4-17(14-3-1-2-13(8-14)9-23)28-11-15(10-27-28)19-16-6-7-24-20(16)26-12-25-19/h1-3,5-8,10-12,17H,4H2,(H,24,25,26). The first-order valence-corrected chi connectivity index (χ1v) is 8.49. The van der Waals surface area contributed by atoms with Crippen LogP contribution in [0.15, 0.2) is 67.4 Å². The zero-order valence-electron chi connectivity index (χ0n) is 14.5. The number of nitriles is 1. The van der Waals surface area contributed by atoms with E-state index in [0.29, 0.717) is 16.9 Å². The number of H-pyrrole nitrogens is 1. The summed E-state index contributed by atoms with van der Waals surface area (Å²) in [4.78, 5) is 11.5. The topological polar surface area (TPSA) is 83.2 Å². The third kappa shape index (κ3) is 3.38. The number of rotatable bonds is 5. The number of allylic oxidation sites excluding steroid dienone is 1. The Bertz CT molecular complexity index is 1200. The summed E-state index contributed by atoms with van der Waals surface area (Å²) in [5.74, 6) is 0. The van der Waals surface area contributed by atoms with Crippen molar-refractivity contribution in [2.75, 3.05) is 0 Å². The summed E-state index contributed by atoms with van der Waals surface area (Å²) in [5, 5.41) is 14.4. The van der Waals surface area contributed by atoms with Crippen LogP contribution in [0.2, 0.25) is 0 Å². The van der Waals surface area contributed by atoms with Crippen LogP contribution >= 0.6 is 0 Å². The van der Waals surface area contributed by atoms with Crippen molar-refractivity contribution in [2.45, 2.75) is 12.5 Å². The Kier molecular flexibility index (Phi) is 4.64. The van der Waals surface area contributed by atoms with Crippen LogP contribution in [0.5, 0.6) is 0 Å². The lowest BCUT2D eigenvalue weighted by Crippen LogP contribution is -2.11. The molecular formula is C20H14F2N6. The first kappa shape index (κ1) is 17.5. The fraction of sp³-hybridized carbons (Fsp3) is 0.100. The first-order chi connectivity index (χ1) is 13.7. The SMILES string of the molecule is N#Cc1cccc(C(CC=C(F)F)n2cc(-c3ncnc4[nH]ccc34)cn2)c1. The fourth-order valence-electron chi connectivity index (χ4n) is 3.15. The van der Waals surface area contributed by atoms with Crippen molar-refractivity contribution in [2.24, 2.45) is 0 Å². The molecule has 0 fully saturated rings. The molecule has 0 radical (unpaired) electrons. The molecule has 8 heteroatoms. The van der Waals surface area contributed by atoms with E-state index in [9.17, 15) is 8.78 Å². The van der Waals surface area contributed by atoms with Gasteiger partial charge in [0, 0.05) is 23.3 Å². The Morgan fingerprint density at radius 3 is 3.00 bits per heavy atom. The number of benzene rings is 1. The lowest BCUT2D eigenvalue weighted by Gasteiger charge is -2.16. The van der Waals surface area contributed by atoms with Crippen LogP contribution in [-0.4, -0.2) is 24.7 Å². The van der Waals surface area contributed by atoms with E-state index in [1.807, 2.05) is 6.07 Å². The van der Waals surface area contributed by atoms with Crippen molar-refractivity contribution >= 4 is 11.0 Å². The van der Waals surface area contributed by atoms with Crippen molar-refractivity contribution in [1.29, 1.82) is 5.26 Å². The highest BCUT2D eigenvalue weighted by Gasteiger charge is 2.17. The largest absolute Gasteiger partial charge is 0.346 e. The molecule has 1 N–H and O–H groups in total. The number of nitrogens with one attached hydrogen (secondary N) is 1. The molecule has 3 heterocycles. The van der Waals surface area contributed by atoms with Gasteiger partial charge in [0.15, 0.2) is 0 Å². The normalized spacial score (nSPS) is 11.9. The van der Waals surface area contributed by atoms with Crippen LogP contribution in [0.1, 0.15) is 23.6 Å². The van der Waals surface area contributed by atoms with Crippen molar-refractivity contribution in [3.63, 3.8) is 0 Å². The summed E-state index contributed by atoms with van der Waals surface area (Å²) in [6, 6.07) is 10.4. The highest BCUT2D eigenvalue weighted by molar-refractivity contribution is 5.89. The average molecular weight is 376 g/mol. The molecule has 0 bridgehead atoms. The van der Waals surface area contributed by atoms with Crippen molar-refractivity contribution in [3.8, 4) is 17.3 Å². The van der Waals surface area contributed by atoms with Gasteiger partial charge in [0.05, 0.1) is 29.6 Å². The molecule has 0 amide bonds. The van der Waals surface area contributed by atoms with Gasteiger partial charge in [0.1, 0.15) is 12.0 Å². The second kappa shape index (κ2) is 7.40. The number of aromatic amines is 1. The molecule has 4 rings (SSSR count). The maximum Gasteiger partial charge on any atom is 0.266 e. The maximum atomic E-state index is 12.7. The number of nitrogens with zero attached hydrogens (tertiary/aromatic N) is 5. The predicted octanol–water partition coefficient (Wildman–Crippen LogP) is 4.45. The third-order valence-corrected chi connectivity index (χ3v) is 4.44. The van der Waals surface area contributed by atoms with Gasteiger partial charge in [0.2, 0.25) is 0 Å². The van der Waals surface area contributed by atoms with Gasteiger partial charge >= 0.3 is 0 Å². The Labute approximate surface area is 158 Å². The monoisotopic (exact) mass is 376 g/mol. The molecule has 3 aromatic heterocycles. The Hall–Kier alpha value is -3.86. The number of hydrogen-bond acceptors (Lipinski definition) is 4. The molecule has 0 aliphatic rings. The molecular weight excluding hydrogens is 362 g/mol. The van der Waals surface area contributed by atoms with E-state index in [-0.39, 0.29) is 6.42 Å². The molecule has 4 aromatic rings. The lowest BCUT2D eigenvalue weighted by molar-refractivity contribution is 0.411. The van der Waals surface area contributed by atoms with Crippen molar-refractivity contribution < 1.29 is 8.78 Å². The van der Waals surface area contributed by atoms with Gasteiger partial charge in [-0.15, -0.1) is 0 Å². The van der Waals surface area contributed by atoms with E-state index in [1.54, 1.807) is 47.5 Å². The minimum Gasteiger partial charge on any atom is -0.346 e. The molecule has 0 spiro atoms. The molecule has 0 aliphatic heterocycles. The van der Waals surface area contributed by atoms with E-state index in [0.717, 1.165) is 22.6 Å². The van der Waals surface area contributed by atoms with Crippen molar-refractivity contribution in [1.82, 2.24) is 24.7 Å². The average Bonchev–Trinajstić information content (AvgIpc) is 3.37. The van der Waals surface area contributed by atoms with E-state index in [4.69, 9.17) is 5.26 Å². The zero-order chi connectivity index (χ0) is 19.5. The summed E-state index contributed by atoms with van der Waals surface area (Å²) < 4.78 is 27.1. The smallest absolute Gasteiger partial charge is 0.266 e. The van der Waals surface area contributed by atoms with Gasteiger partial charge in [-0.2, -0.15) is 19.1 Å². The minimum atomic E-state index is -1.75. The van der Waals surface area contributed by atoms with E-state index in [1.165, 1.54) is 6.33 Å². The number of hydrogen-bond donors (Lipinski definition) is 1. The molecule has 0 saturated carbocycles. The van der Waals surface area contributed by atoms with E-state index >= 15 is 0 Å². The Morgan fingerprint density at radius 1 is 1.29 bits per heavy atom. The van der Waals surface area contributed by atoms with E-state index in [2.05, 4.69) is 26.1 Å². The molecule has 28 heavy (non-hydrogen) atoms. The molecule has 6 nitrogen and oxygen atoms in total. The predicted molar refractivity (Wildman–Crippen MR) is 99.3 cm³/mol.